The van der Waals surface area contributed by atoms with Crippen molar-refractivity contribution in [2.24, 2.45) is 0 Å². The molecule has 0 radical (unpaired) electrons. The smallest absolute Gasteiger partial charge is 0.326 e. The molecule has 2 aliphatic heterocycles. The summed E-state index contributed by atoms with van der Waals surface area (Å²) >= 11 is 13.6. The Labute approximate surface area is 353 Å². The lowest BCUT2D eigenvalue weighted by Gasteiger charge is -2.37. The lowest BCUT2D eigenvalue weighted by molar-refractivity contribution is -0.142. The average molecular weight is 845 g/mol. The van der Waals surface area contributed by atoms with E-state index in [2.05, 4.69) is 21.7 Å². The Morgan fingerprint density at radius 2 is 1.69 bits per heavy atom. The molecule has 14 heteroatoms. The molecule has 6 aromatic rings. The molecule has 3 N–H and O–H groups in total. The second-order valence-electron chi connectivity index (χ2n) is 14.3. The van der Waals surface area contributed by atoms with E-state index in [4.69, 9.17) is 37.9 Å². The van der Waals surface area contributed by atoms with Crippen molar-refractivity contribution < 1.29 is 29.0 Å². The Hall–Kier alpha value is -6.23. The van der Waals surface area contributed by atoms with Crippen molar-refractivity contribution in [1.29, 1.82) is 5.26 Å². The number of thiazole rings is 1. The molecule has 3 atom stereocenters. The first-order valence-corrected chi connectivity index (χ1v) is 20.3. The van der Waals surface area contributed by atoms with Gasteiger partial charge in [-0.3, -0.25) is 14.5 Å². The van der Waals surface area contributed by atoms with E-state index in [1.54, 1.807) is 54.7 Å². The number of anilines is 1. The van der Waals surface area contributed by atoms with Gasteiger partial charge in [0.2, 0.25) is 12.0 Å². The molecule has 1 aromatic heterocycles. The van der Waals surface area contributed by atoms with Crippen LogP contribution in [-0.4, -0.2) is 44.9 Å². The van der Waals surface area contributed by atoms with E-state index in [1.165, 1.54) is 11.3 Å². The minimum atomic E-state index is -1.18. The summed E-state index contributed by atoms with van der Waals surface area (Å²) in [5, 5.41) is 28.7. The van der Waals surface area contributed by atoms with Crippen molar-refractivity contribution in [3.8, 4) is 28.7 Å². The second-order valence-corrected chi connectivity index (χ2v) is 16.0. The molecule has 59 heavy (non-hydrogen) atoms. The highest BCUT2D eigenvalue weighted by atomic mass is 35.5. The van der Waals surface area contributed by atoms with E-state index in [9.17, 15) is 19.5 Å². The average Bonchev–Trinajstić information content (AvgIpc) is 3.76. The fourth-order valence-electron chi connectivity index (χ4n) is 7.20. The van der Waals surface area contributed by atoms with Crippen molar-refractivity contribution in [3.63, 3.8) is 0 Å². The van der Waals surface area contributed by atoms with Crippen LogP contribution in [0.5, 0.6) is 11.5 Å². The van der Waals surface area contributed by atoms with Crippen LogP contribution in [0.3, 0.4) is 0 Å². The molecule has 8 rings (SSSR count). The number of aliphatic carboxylic acids is 1. The molecular weight excluding hydrogens is 809 g/mol. The maximum atomic E-state index is 14.1. The summed E-state index contributed by atoms with van der Waals surface area (Å²) < 4.78 is 12.2. The number of fused-ring (bicyclic) bond motifs is 2. The van der Waals surface area contributed by atoms with Gasteiger partial charge < -0.3 is 25.2 Å². The quantitative estimate of drug-likeness (QED) is 0.110. The number of benzene rings is 5. The molecule has 0 bridgehead atoms. The number of ether oxygens (including phenoxy) is 2. The monoisotopic (exact) mass is 843 g/mol. The van der Waals surface area contributed by atoms with Crippen molar-refractivity contribution in [2.75, 3.05) is 5.32 Å². The predicted octanol–water partition coefficient (Wildman–Crippen LogP) is 8.38. The highest BCUT2D eigenvalue weighted by Gasteiger charge is 2.37. The third-order valence-corrected chi connectivity index (χ3v) is 11.8. The van der Waals surface area contributed by atoms with Crippen LogP contribution < -0.4 is 20.1 Å². The Kier molecular flexibility index (Phi) is 11.6. The van der Waals surface area contributed by atoms with Gasteiger partial charge in [-0.1, -0.05) is 77.8 Å². The second kappa shape index (κ2) is 17.3. The molecule has 2 amide bonds. The molecule has 0 saturated carbocycles. The Balaban J connectivity index is 0.962. The zero-order chi connectivity index (χ0) is 41.0. The van der Waals surface area contributed by atoms with Crippen LogP contribution >= 0.6 is 34.5 Å². The van der Waals surface area contributed by atoms with E-state index >= 15 is 0 Å². The maximum Gasteiger partial charge on any atom is 0.326 e. The normalized spacial score (nSPS) is 16.4. The summed E-state index contributed by atoms with van der Waals surface area (Å²) in [7, 11) is 0. The summed E-state index contributed by atoms with van der Waals surface area (Å²) in [6, 6.07) is 31.1. The fourth-order valence-corrected chi connectivity index (χ4v) is 8.16. The minimum Gasteiger partial charge on any atom is -0.489 e. The highest BCUT2D eigenvalue weighted by molar-refractivity contribution is 7.09. The molecule has 0 fully saturated rings. The largest absolute Gasteiger partial charge is 0.489 e. The highest BCUT2D eigenvalue weighted by Crippen LogP contribution is 2.40. The molecular formula is C45H35Cl2N5O6S. The molecule has 1 unspecified atom stereocenters. The van der Waals surface area contributed by atoms with Crippen LogP contribution in [0.1, 0.15) is 44.5 Å². The lowest BCUT2D eigenvalue weighted by atomic mass is 9.91. The number of hydrogen-bond acceptors (Lipinski definition) is 9. The standard InChI is InChI=1S/C45H35Cl2N5O6S/c46-35-14-5-28(17-36(35)47)25-57-34-12-10-31(11-13-34)42-44(54)50-37-19-32-20-39(52(24-41-49-15-16-59-41)23-33(32)21-40(37)58-42)43(53)51-38(45(55)56)18-26-1-6-29(7-2-26)30-8-3-27(22-48)4-9-30/h1-17,19,21,38-39,42H,18,20,23-25H2,(H,50,54)(H,51,53)(H,55,56)/t38-,39-,42?/m0/s1. The van der Waals surface area contributed by atoms with E-state index < -0.39 is 30.1 Å². The molecule has 0 saturated heterocycles. The van der Waals surface area contributed by atoms with Gasteiger partial charge >= 0.3 is 5.97 Å². The van der Waals surface area contributed by atoms with Crippen molar-refractivity contribution in [3.05, 3.63) is 163 Å². The predicted molar refractivity (Wildman–Crippen MR) is 224 cm³/mol. The van der Waals surface area contributed by atoms with Gasteiger partial charge in [-0.25, -0.2) is 9.78 Å². The molecule has 0 aliphatic carbocycles. The van der Waals surface area contributed by atoms with Gasteiger partial charge in [0.25, 0.3) is 5.91 Å². The van der Waals surface area contributed by atoms with Crippen LogP contribution in [0.4, 0.5) is 5.69 Å². The van der Waals surface area contributed by atoms with Gasteiger partial charge in [-0.2, -0.15) is 5.26 Å². The molecule has 2 aliphatic rings. The van der Waals surface area contributed by atoms with Gasteiger partial charge in [0.15, 0.2) is 0 Å². The molecule has 0 spiro atoms. The summed E-state index contributed by atoms with van der Waals surface area (Å²) in [6.45, 7) is 1.02. The summed E-state index contributed by atoms with van der Waals surface area (Å²) in [6.07, 6.45) is 1.16. The number of hydrogen-bond donors (Lipinski definition) is 3. The first-order chi connectivity index (χ1) is 28.6. The number of carboxylic acid groups (broad SMARTS) is 1. The fraction of sp³-hybridized carbons (Fsp3) is 0.178. The number of carboxylic acids is 1. The van der Waals surface area contributed by atoms with Crippen LogP contribution in [0, 0.1) is 11.3 Å². The number of amides is 2. The Bertz CT molecular complexity index is 2560. The molecule has 11 nitrogen and oxygen atoms in total. The van der Waals surface area contributed by atoms with E-state index in [-0.39, 0.29) is 25.4 Å². The van der Waals surface area contributed by atoms with E-state index in [0.717, 1.165) is 38.4 Å². The number of nitrogens with zero attached hydrogens (tertiary/aromatic N) is 3. The number of nitriles is 1. The van der Waals surface area contributed by atoms with Gasteiger partial charge in [0.1, 0.15) is 29.2 Å². The van der Waals surface area contributed by atoms with Crippen molar-refractivity contribution in [1.82, 2.24) is 15.2 Å². The summed E-state index contributed by atoms with van der Waals surface area (Å²) in [4.78, 5) is 46.4. The van der Waals surface area contributed by atoms with Crippen LogP contribution in [0.2, 0.25) is 10.0 Å². The SMILES string of the molecule is N#Cc1ccc(-c2ccc(C[C@H](NC(=O)[C@@H]3Cc4cc5c(cc4CN3Cc3nccs3)OC(c3ccc(OCc4ccc(Cl)c(Cl)c4)cc3)C(=O)N5)C(=O)O)cc2)cc1. The topological polar surface area (TPSA) is 154 Å². The number of carbonyl (C=O) groups is 3. The molecule has 3 heterocycles. The van der Waals surface area contributed by atoms with Crippen LogP contribution in [-0.2, 0) is 46.9 Å². The summed E-state index contributed by atoms with van der Waals surface area (Å²) in [5.74, 6) is -0.801. The first-order valence-electron chi connectivity index (χ1n) is 18.7. The Morgan fingerprint density at radius 3 is 2.37 bits per heavy atom. The molecule has 296 valence electrons. The zero-order valence-corrected chi connectivity index (χ0v) is 33.6. The number of nitrogens with one attached hydrogen (secondary N) is 2. The van der Waals surface area contributed by atoms with E-state index in [1.807, 2.05) is 64.9 Å². The number of rotatable bonds is 12. The third kappa shape index (κ3) is 9.09. The van der Waals surface area contributed by atoms with Gasteiger partial charge in [0.05, 0.1) is 40.0 Å². The minimum absolute atomic E-state index is 0.0804. The van der Waals surface area contributed by atoms with Gasteiger partial charge in [-0.15, -0.1) is 11.3 Å². The van der Waals surface area contributed by atoms with Gasteiger partial charge in [-0.05, 0) is 88.3 Å². The Morgan fingerprint density at radius 1 is 0.966 bits per heavy atom. The maximum absolute atomic E-state index is 14.1. The number of carbonyl (C=O) groups excluding carboxylic acids is 2. The number of aromatic nitrogens is 1. The first kappa shape index (κ1) is 39.6. The molecule has 5 aromatic carbocycles. The van der Waals surface area contributed by atoms with Crippen molar-refractivity contribution in [2.45, 2.75) is 50.7 Å². The lowest BCUT2D eigenvalue weighted by Crippen LogP contribution is -2.54. The van der Waals surface area contributed by atoms with Crippen LogP contribution in [0.25, 0.3) is 11.1 Å². The van der Waals surface area contributed by atoms with E-state index in [0.29, 0.717) is 51.4 Å². The third-order valence-electron chi connectivity index (χ3n) is 10.3. The summed E-state index contributed by atoms with van der Waals surface area (Å²) in [5.41, 5.74) is 6.92. The van der Waals surface area contributed by atoms with Gasteiger partial charge in [0, 0.05) is 30.1 Å². The van der Waals surface area contributed by atoms with Crippen molar-refractivity contribution >= 4 is 58.0 Å². The van der Waals surface area contributed by atoms with Crippen LogP contribution in [0.15, 0.2) is 115 Å². The number of halogens is 2. The zero-order valence-electron chi connectivity index (χ0n) is 31.2.